The van der Waals surface area contributed by atoms with E-state index in [1.807, 2.05) is 48.5 Å². The second kappa shape index (κ2) is 21.6. The van der Waals surface area contributed by atoms with E-state index >= 15 is 0 Å². The average molecular weight is 685 g/mol. The molecule has 268 valence electrons. The predicted molar refractivity (Wildman–Crippen MR) is 211 cm³/mol. The summed E-state index contributed by atoms with van der Waals surface area (Å²) in [4.78, 5) is 0. The van der Waals surface area contributed by atoms with Crippen LogP contribution in [0.15, 0.2) is 89.3 Å². The molecule has 5 nitrogen and oxygen atoms in total. The molecule has 51 heavy (non-hydrogen) atoms. The molecule has 5 heteroatoms. The zero-order valence-electron chi connectivity index (χ0n) is 30.9. The van der Waals surface area contributed by atoms with E-state index in [2.05, 4.69) is 72.3 Å². The fraction of sp³-hybridized carbons (Fsp3) is 0.435. The van der Waals surface area contributed by atoms with Crippen LogP contribution in [0.3, 0.4) is 0 Å². The molecule has 0 aliphatic heterocycles. The van der Waals surface area contributed by atoms with Gasteiger partial charge in [0.2, 0.25) is 11.8 Å². The Balaban J connectivity index is 1.05. The summed E-state index contributed by atoms with van der Waals surface area (Å²) in [5.41, 5.74) is 3.63. The second-order valence-corrected chi connectivity index (χ2v) is 13.6. The minimum Gasteiger partial charge on any atom is -0.494 e. The van der Waals surface area contributed by atoms with Crippen molar-refractivity contribution in [3.8, 4) is 46.2 Å². The van der Waals surface area contributed by atoms with Crippen molar-refractivity contribution < 1.29 is 13.9 Å². The Morgan fingerprint density at radius 2 is 0.882 bits per heavy atom. The van der Waals surface area contributed by atoms with E-state index in [0.717, 1.165) is 70.6 Å². The Morgan fingerprint density at radius 1 is 0.451 bits per heavy atom. The maximum absolute atomic E-state index is 6.05. The van der Waals surface area contributed by atoms with Crippen molar-refractivity contribution in [3.63, 3.8) is 0 Å². The summed E-state index contributed by atoms with van der Waals surface area (Å²) in [5, 5.41) is 10.9. The van der Waals surface area contributed by atoms with Crippen LogP contribution in [0, 0.1) is 11.8 Å². The lowest BCUT2D eigenvalue weighted by Crippen LogP contribution is -1.97. The number of nitrogens with zero attached hydrogens (tertiary/aromatic N) is 2. The molecule has 0 aliphatic carbocycles. The number of unbranched alkanes of at least 4 members (excludes halogenated alkanes) is 14. The highest BCUT2D eigenvalue weighted by atomic mass is 16.5. The quantitative estimate of drug-likeness (QED) is 0.0536. The number of aromatic nitrogens is 2. The van der Waals surface area contributed by atoms with E-state index in [1.54, 1.807) is 0 Å². The van der Waals surface area contributed by atoms with Crippen molar-refractivity contribution in [3.05, 3.63) is 96.1 Å². The highest BCUT2D eigenvalue weighted by Gasteiger charge is 2.11. The minimum absolute atomic E-state index is 0.482. The summed E-state index contributed by atoms with van der Waals surface area (Å²) in [6.45, 7) is 6.05. The smallest absolute Gasteiger partial charge is 0.248 e. The Hall–Kier alpha value is -4.56. The van der Waals surface area contributed by atoms with Crippen LogP contribution in [0.5, 0.6) is 11.5 Å². The van der Waals surface area contributed by atoms with Crippen LogP contribution >= 0.6 is 0 Å². The first-order chi connectivity index (χ1) is 25.2. The molecule has 0 bridgehead atoms. The fourth-order valence-electron chi connectivity index (χ4n) is 6.23. The first-order valence-electron chi connectivity index (χ1n) is 19.6. The van der Waals surface area contributed by atoms with Gasteiger partial charge in [0.25, 0.3) is 0 Å². The van der Waals surface area contributed by atoms with Crippen LogP contribution in [0.2, 0.25) is 0 Å². The Morgan fingerprint density at radius 3 is 1.47 bits per heavy atom. The molecule has 1 heterocycles. The third-order valence-electron chi connectivity index (χ3n) is 9.35. The first kappa shape index (κ1) is 37.7. The highest BCUT2D eigenvalue weighted by Crippen LogP contribution is 2.26. The summed E-state index contributed by atoms with van der Waals surface area (Å²) in [6, 6.07) is 28.4. The summed E-state index contributed by atoms with van der Waals surface area (Å²) in [6.07, 6.45) is 20.8. The van der Waals surface area contributed by atoms with Crippen LogP contribution in [0.4, 0.5) is 0 Å². The van der Waals surface area contributed by atoms with Gasteiger partial charge >= 0.3 is 0 Å². The molecule has 0 aliphatic rings. The van der Waals surface area contributed by atoms with Gasteiger partial charge in [0, 0.05) is 22.3 Å². The van der Waals surface area contributed by atoms with Gasteiger partial charge in [0.05, 0.1) is 13.2 Å². The molecule has 5 aromatic rings. The van der Waals surface area contributed by atoms with Crippen LogP contribution < -0.4 is 9.47 Å². The van der Waals surface area contributed by atoms with Gasteiger partial charge in [-0.2, -0.15) is 0 Å². The standard InChI is InChI=1S/C46H56N2O3/c1-3-5-7-9-11-13-15-17-33-49-43-30-27-40(28-31-43)46-48-47-45(51-46)39-24-21-37(22-25-39)19-20-38-23-26-42-36-44(32-29-41(42)35-38)50-34-18-16-14-12-10-8-6-4-2/h21-32,35-36H,3-18,33-34H2,1-2H3. The van der Waals surface area contributed by atoms with Crippen LogP contribution in [-0.2, 0) is 0 Å². The molecule has 1 aromatic heterocycles. The molecule has 0 spiro atoms. The molecule has 0 fully saturated rings. The topological polar surface area (TPSA) is 57.4 Å². The van der Waals surface area contributed by atoms with Gasteiger partial charge in [-0.1, -0.05) is 128 Å². The van der Waals surface area contributed by atoms with E-state index in [9.17, 15) is 0 Å². The van der Waals surface area contributed by atoms with Gasteiger partial charge in [-0.25, -0.2) is 0 Å². The molecule has 0 atom stereocenters. The monoisotopic (exact) mass is 684 g/mol. The van der Waals surface area contributed by atoms with Gasteiger partial charge in [0.1, 0.15) is 11.5 Å². The summed E-state index contributed by atoms with van der Waals surface area (Å²) >= 11 is 0. The lowest BCUT2D eigenvalue weighted by Gasteiger charge is -2.08. The van der Waals surface area contributed by atoms with E-state index in [-0.39, 0.29) is 0 Å². The van der Waals surface area contributed by atoms with Gasteiger partial charge < -0.3 is 13.9 Å². The summed E-state index contributed by atoms with van der Waals surface area (Å²) < 4.78 is 18.0. The van der Waals surface area contributed by atoms with Crippen molar-refractivity contribution in [2.24, 2.45) is 0 Å². The summed E-state index contributed by atoms with van der Waals surface area (Å²) in [5.74, 6) is 9.38. The molecule has 0 radical (unpaired) electrons. The maximum Gasteiger partial charge on any atom is 0.248 e. The number of hydrogen-bond donors (Lipinski definition) is 0. The molecule has 0 N–H and O–H groups in total. The molecular formula is C46H56N2O3. The number of rotatable bonds is 22. The van der Waals surface area contributed by atoms with E-state index in [0.29, 0.717) is 11.8 Å². The molecule has 0 unspecified atom stereocenters. The first-order valence-corrected chi connectivity index (χ1v) is 19.6. The van der Waals surface area contributed by atoms with Crippen molar-refractivity contribution >= 4 is 10.8 Å². The van der Waals surface area contributed by atoms with Crippen LogP contribution in [0.1, 0.15) is 128 Å². The van der Waals surface area contributed by atoms with Crippen molar-refractivity contribution in [2.75, 3.05) is 13.2 Å². The second-order valence-electron chi connectivity index (χ2n) is 13.6. The number of ether oxygens (including phenoxy) is 2. The highest BCUT2D eigenvalue weighted by molar-refractivity contribution is 5.85. The molecule has 0 saturated carbocycles. The molecular weight excluding hydrogens is 629 g/mol. The number of hydrogen-bond acceptors (Lipinski definition) is 5. The van der Waals surface area contributed by atoms with Crippen LogP contribution in [-0.4, -0.2) is 23.4 Å². The van der Waals surface area contributed by atoms with E-state index in [4.69, 9.17) is 13.9 Å². The lowest BCUT2D eigenvalue weighted by molar-refractivity contribution is 0.304. The fourth-order valence-corrected chi connectivity index (χ4v) is 6.23. The van der Waals surface area contributed by atoms with Gasteiger partial charge in [-0.15, -0.1) is 10.2 Å². The van der Waals surface area contributed by atoms with Crippen LogP contribution in [0.25, 0.3) is 33.7 Å². The average Bonchev–Trinajstić information content (AvgIpc) is 3.67. The largest absolute Gasteiger partial charge is 0.494 e. The Bertz CT molecular complexity index is 1780. The van der Waals surface area contributed by atoms with Crippen molar-refractivity contribution in [1.29, 1.82) is 0 Å². The number of benzene rings is 4. The van der Waals surface area contributed by atoms with E-state index in [1.165, 1.54) is 89.9 Å². The van der Waals surface area contributed by atoms with Crippen molar-refractivity contribution in [1.82, 2.24) is 10.2 Å². The third-order valence-corrected chi connectivity index (χ3v) is 9.35. The third kappa shape index (κ3) is 12.9. The lowest BCUT2D eigenvalue weighted by atomic mass is 10.1. The zero-order chi connectivity index (χ0) is 35.4. The predicted octanol–water partition coefficient (Wildman–Crippen LogP) is 13.0. The van der Waals surface area contributed by atoms with E-state index < -0.39 is 0 Å². The maximum atomic E-state index is 6.05. The zero-order valence-corrected chi connectivity index (χ0v) is 30.9. The molecule has 5 rings (SSSR count). The molecule has 0 amide bonds. The minimum atomic E-state index is 0.482. The Labute approximate surface area is 306 Å². The van der Waals surface area contributed by atoms with Crippen molar-refractivity contribution in [2.45, 2.75) is 117 Å². The summed E-state index contributed by atoms with van der Waals surface area (Å²) in [7, 11) is 0. The van der Waals surface area contributed by atoms with Gasteiger partial charge in [-0.05, 0) is 96.4 Å². The Kier molecular flexibility index (Phi) is 16.0. The molecule has 0 saturated heterocycles. The molecule has 4 aromatic carbocycles. The van der Waals surface area contributed by atoms with Gasteiger partial charge in [-0.3, -0.25) is 0 Å². The number of fused-ring (bicyclic) bond motifs is 1. The normalized spacial score (nSPS) is 11.0. The van der Waals surface area contributed by atoms with Gasteiger partial charge in [0.15, 0.2) is 0 Å². The SMILES string of the molecule is CCCCCCCCCCOc1ccc(-c2nnc(-c3ccc(C#Cc4ccc5cc(OCCCCCCCCCC)ccc5c4)cc3)o2)cc1.